The van der Waals surface area contributed by atoms with Gasteiger partial charge in [-0.3, -0.25) is 0 Å². The van der Waals surface area contributed by atoms with Gasteiger partial charge in [0.25, 0.3) is 0 Å². The third-order valence-electron chi connectivity index (χ3n) is 4.52. The fourth-order valence-corrected chi connectivity index (χ4v) is 3.09. The number of nitrogens with one attached hydrogen (secondary N) is 1. The molecular formula is C19H27NO4. The zero-order valence-corrected chi connectivity index (χ0v) is 14.9. The summed E-state index contributed by atoms with van der Waals surface area (Å²) in [7, 11) is 3.16. The van der Waals surface area contributed by atoms with Gasteiger partial charge in [0, 0.05) is 17.6 Å². The molecule has 1 aliphatic rings. The number of piperidine rings is 1. The van der Waals surface area contributed by atoms with E-state index in [-0.39, 0.29) is 5.97 Å². The maximum absolute atomic E-state index is 12.2. The van der Waals surface area contributed by atoms with Gasteiger partial charge in [-0.2, -0.15) is 0 Å². The Morgan fingerprint density at radius 2 is 1.92 bits per heavy atom. The zero-order chi connectivity index (χ0) is 17.6. The highest BCUT2D eigenvalue weighted by molar-refractivity contribution is 5.88. The molecule has 1 N–H and O–H groups in total. The van der Waals surface area contributed by atoms with Crippen molar-refractivity contribution in [2.24, 2.45) is 5.92 Å². The normalized spacial score (nSPS) is 16.2. The number of benzene rings is 1. The highest BCUT2D eigenvalue weighted by Gasteiger charge is 2.33. The molecule has 0 atom stereocenters. The maximum atomic E-state index is 12.2. The van der Waals surface area contributed by atoms with Crippen molar-refractivity contribution in [1.82, 2.24) is 5.32 Å². The third kappa shape index (κ3) is 4.51. The summed E-state index contributed by atoms with van der Waals surface area (Å²) in [6.07, 6.45) is 5.18. The molecule has 1 saturated heterocycles. The first kappa shape index (κ1) is 18.3. The number of esters is 1. The number of rotatable bonds is 6. The molecule has 0 aromatic heterocycles. The smallest absolute Gasteiger partial charge is 0.331 e. The molecule has 1 fully saturated rings. The molecule has 24 heavy (non-hydrogen) atoms. The van der Waals surface area contributed by atoms with Crippen LogP contribution in [-0.4, -0.2) is 38.9 Å². The number of hydrogen-bond acceptors (Lipinski definition) is 5. The second kappa shape index (κ2) is 8.20. The number of para-hydroxylation sites is 1. The molecular weight excluding hydrogens is 306 g/mol. The van der Waals surface area contributed by atoms with Crippen LogP contribution in [0.2, 0.25) is 0 Å². The van der Waals surface area contributed by atoms with E-state index in [1.165, 1.54) is 6.08 Å². The van der Waals surface area contributed by atoms with Crippen molar-refractivity contribution in [3.63, 3.8) is 0 Å². The van der Waals surface area contributed by atoms with E-state index in [4.69, 9.17) is 14.2 Å². The minimum atomic E-state index is -0.470. The average molecular weight is 333 g/mol. The monoisotopic (exact) mass is 333 g/mol. The lowest BCUT2D eigenvalue weighted by Gasteiger charge is -2.36. The highest BCUT2D eigenvalue weighted by Crippen LogP contribution is 2.32. The van der Waals surface area contributed by atoms with Gasteiger partial charge in [-0.05, 0) is 51.9 Å². The quantitative estimate of drug-likeness (QED) is 0.640. The second-order valence-electron chi connectivity index (χ2n) is 6.46. The first-order valence-corrected chi connectivity index (χ1v) is 8.30. The predicted molar refractivity (Wildman–Crippen MR) is 94.3 cm³/mol. The molecule has 1 aromatic rings. The number of methoxy groups -OCH3 is 2. The van der Waals surface area contributed by atoms with Crippen LogP contribution in [0, 0.1) is 5.92 Å². The van der Waals surface area contributed by atoms with Crippen molar-refractivity contribution in [3.8, 4) is 11.5 Å². The van der Waals surface area contributed by atoms with E-state index in [0.29, 0.717) is 17.4 Å². The molecule has 1 heterocycles. The van der Waals surface area contributed by atoms with Crippen LogP contribution in [0.25, 0.3) is 6.08 Å². The van der Waals surface area contributed by atoms with Gasteiger partial charge in [0.1, 0.15) is 5.60 Å². The van der Waals surface area contributed by atoms with Crippen molar-refractivity contribution < 1.29 is 19.0 Å². The van der Waals surface area contributed by atoms with E-state index in [9.17, 15) is 4.79 Å². The Hall–Kier alpha value is -2.01. The lowest BCUT2D eigenvalue weighted by molar-refractivity contribution is -0.156. The van der Waals surface area contributed by atoms with E-state index < -0.39 is 5.60 Å². The lowest BCUT2D eigenvalue weighted by Crippen LogP contribution is -2.42. The summed E-state index contributed by atoms with van der Waals surface area (Å²) in [4.78, 5) is 12.2. The Kier molecular flexibility index (Phi) is 6.26. The molecule has 0 unspecified atom stereocenters. The zero-order valence-electron chi connectivity index (χ0n) is 14.9. The highest BCUT2D eigenvalue weighted by atomic mass is 16.6. The molecule has 1 aliphatic heterocycles. The summed E-state index contributed by atoms with van der Waals surface area (Å²) in [5.74, 6) is 1.26. The number of ether oxygens (including phenoxy) is 3. The average Bonchev–Trinajstić information content (AvgIpc) is 2.59. The summed E-state index contributed by atoms with van der Waals surface area (Å²) in [6.45, 7) is 5.92. The Bertz CT molecular complexity index is 589. The lowest BCUT2D eigenvalue weighted by atomic mass is 9.83. The topological polar surface area (TPSA) is 56.8 Å². The Morgan fingerprint density at radius 1 is 1.21 bits per heavy atom. The summed E-state index contributed by atoms with van der Waals surface area (Å²) in [5.41, 5.74) is 0.301. The van der Waals surface area contributed by atoms with E-state index in [0.717, 1.165) is 31.5 Å². The van der Waals surface area contributed by atoms with Gasteiger partial charge in [-0.1, -0.05) is 12.1 Å². The van der Waals surface area contributed by atoms with Crippen LogP contribution in [0.3, 0.4) is 0 Å². The minimum Gasteiger partial charge on any atom is -0.493 e. The van der Waals surface area contributed by atoms with Crippen molar-refractivity contribution in [1.29, 1.82) is 0 Å². The van der Waals surface area contributed by atoms with E-state index in [1.807, 2.05) is 32.0 Å². The van der Waals surface area contributed by atoms with Gasteiger partial charge in [-0.25, -0.2) is 4.79 Å². The molecule has 0 spiro atoms. The largest absolute Gasteiger partial charge is 0.493 e. The van der Waals surface area contributed by atoms with Crippen LogP contribution in [0.4, 0.5) is 0 Å². The van der Waals surface area contributed by atoms with Crippen LogP contribution in [0.1, 0.15) is 32.3 Å². The van der Waals surface area contributed by atoms with Crippen molar-refractivity contribution >= 4 is 12.0 Å². The molecule has 5 heteroatoms. The van der Waals surface area contributed by atoms with Crippen LogP contribution in [-0.2, 0) is 9.53 Å². The molecule has 0 amide bonds. The maximum Gasteiger partial charge on any atom is 0.331 e. The van der Waals surface area contributed by atoms with Gasteiger partial charge in [0.15, 0.2) is 11.5 Å². The Labute approximate surface area is 144 Å². The van der Waals surface area contributed by atoms with Gasteiger partial charge >= 0.3 is 5.97 Å². The van der Waals surface area contributed by atoms with Crippen LogP contribution < -0.4 is 14.8 Å². The molecule has 0 bridgehead atoms. The number of carbonyl (C=O) groups is 1. The van der Waals surface area contributed by atoms with Gasteiger partial charge in [-0.15, -0.1) is 0 Å². The summed E-state index contributed by atoms with van der Waals surface area (Å²) in [5, 5.41) is 3.33. The molecule has 2 rings (SSSR count). The number of hydrogen-bond donors (Lipinski definition) is 1. The number of carbonyl (C=O) groups excluding carboxylic acids is 1. The Balaban J connectivity index is 2.05. The molecule has 0 radical (unpaired) electrons. The minimum absolute atomic E-state index is 0.344. The summed E-state index contributed by atoms with van der Waals surface area (Å²) in [6, 6.07) is 5.53. The third-order valence-corrected chi connectivity index (χ3v) is 4.52. The van der Waals surface area contributed by atoms with Gasteiger partial charge in [0.05, 0.1) is 14.2 Å². The van der Waals surface area contributed by atoms with Crippen LogP contribution in [0.15, 0.2) is 24.3 Å². The molecule has 0 aliphatic carbocycles. The molecule has 1 aromatic carbocycles. The summed E-state index contributed by atoms with van der Waals surface area (Å²) >= 11 is 0. The molecule has 132 valence electrons. The molecule has 5 nitrogen and oxygen atoms in total. The Morgan fingerprint density at radius 3 is 2.54 bits per heavy atom. The van der Waals surface area contributed by atoms with E-state index >= 15 is 0 Å². The standard InChI is InChI=1S/C19H27NO4/c1-19(2,15-10-12-20-13-11-15)24-17(21)9-8-14-6-5-7-16(22-3)18(14)23-4/h5-9,15,20H,10-13H2,1-4H3/b9-8+. The first-order valence-electron chi connectivity index (χ1n) is 8.30. The van der Waals surface area contributed by atoms with Gasteiger partial charge < -0.3 is 19.5 Å². The fraction of sp³-hybridized carbons (Fsp3) is 0.526. The summed E-state index contributed by atoms with van der Waals surface area (Å²) < 4.78 is 16.3. The SMILES string of the molecule is COc1cccc(/C=C/C(=O)OC(C)(C)C2CCNCC2)c1OC. The van der Waals surface area contributed by atoms with Crippen molar-refractivity contribution in [2.75, 3.05) is 27.3 Å². The predicted octanol–water partition coefficient (Wildman–Crippen LogP) is 3.04. The van der Waals surface area contributed by atoms with Crippen molar-refractivity contribution in [2.45, 2.75) is 32.3 Å². The second-order valence-corrected chi connectivity index (χ2v) is 6.46. The fourth-order valence-electron chi connectivity index (χ4n) is 3.09. The van der Waals surface area contributed by atoms with E-state index in [1.54, 1.807) is 20.3 Å². The van der Waals surface area contributed by atoms with Crippen molar-refractivity contribution in [3.05, 3.63) is 29.8 Å². The first-order chi connectivity index (χ1) is 11.5. The van der Waals surface area contributed by atoms with Gasteiger partial charge in [0.2, 0.25) is 0 Å². The van der Waals surface area contributed by atoms with E-state index in [2.05, 4.69) is 5.32 Å². The van der Waals surface area contributed by atoms with Crippen LogP contribution in [0.5, 0.6) is 11.5 Å². The van der Waals surface area contributed by atoms with Crippen LogP contribution >= 0.6 is 0 Å². The molecule has 0 saturated carbocycles.